The summed E-state index contributed by atoms with van der Waals surface area (Å²) in [6, 6.07) is 0. The molecule has 0 saturated heterocycles. The van der Waals surface area contributed by atoms with Crippen molar-refractivity contribution in [1.29, 1.82) is 0 Å². The van der Waals surface area contributed by atoms with Gasteiger partial charge in [0.05, 0.1) is 4.92 Å². The van der Waals surface area contributed by atoms with Gasteiger partial charge < -0.3 is 0 Å². The molecule has 0 radical (unpaired) electrons. The third-order valence-electron chi connectivity index (χ3n) is 1.23. The number of nitro groups is 1. The highest BCUT2D eigenvalue weighted by Crippen LogP contribution is 2.31. The molecule has 0 atom stereocenters. The van der Waals surface area contributed by atoms with Gasteiger partial charge in [-0.3, -0.25) is 15.2 Å². The zero-order valence-corrected chi connectivity index (χ0v) is 8.21. The van der Waals surface area contributed by atoms with Crippen LogP contribution in [0.15, 0.2) is 22.0 Å². The molecule has 0 amide bonds. The van der Waals surface area contributed by atoms with Crippen LogP contribution in [0, 0.1) is 10.1 Å². The van der Waals surface area contributed by atoms with Crippen molar-refractivity contribution < 1.29 is 4.92 Å². The second-order valence-electron chi connectivity index (χ2n) is 2.11. The molecule has 2 aromatic heterocycles. The highest BCUT2D eigenvalue weighted by Gasteiger charge is 2.12. The fourth-order valence-corrected chi connectivity index (χ4v) is 2.30. The first kappa shape index (κ1) is 9.09. The van der Waals surface area contributed by atoms with E-state index >= 15 is 0 Å². The molecule has 0 bridgehead atoms. The molecule has 72 valence electrons. The second-order valence-corrected chi connectivity index (χ2v) is 4.36. The zero-order chi connectivity index (χ0) is 9.97. The van der Waals surface area contributed by atoms with Crippen molar-refractivity contribution in [2.45, 2.75) is 9.50 Å². The Bertz CT molecular complexity index is 439. The first-order valence-electron chi connectivity index (χ1n) is 3.39. The van der Waals surface area contributed by atoms with E-state index in [1.54, 1.807) is 0 Å². The van der Waals surface area contributed by atoms with Crippen molar-refractivity contribution in [3.05, 3.63) is 22.6 Å². The SMILES string of the molecule is O=[N+]([O-])c1cnc(Sc2ncn[nH]2)s1. The van der Waals surface area contributed by atoms with Crippen LogP contribution in [-0.2, 0) is 0 Å². The van der Waals surface area contributed by atoms with Crippen LogP contribution in [-0.4, -0.2) is 25.1 Å². The molecule has 0 aromatic carbocycles. The summed E-state index contributed by atoms with van der Waals surface area (Å²) in [5.41, 5.74) is 0. The van der Waals surface area contributed by atoms with Crippen LogP contribution in [0.3, 0.4) is 0 Å². The van der Waals surface area contributed by atoms with Gasteiger partial charge in [0.25, 0.3) is 0 Å². The molecule has 7 nitrogen and oxygen atoms in total. The predicted molar refractivity (Wildman–Crippen MR) is 49.3 cm³/mol. The van der Waals surface area contributed by atoms with Gasteiger partial charge in [-0.2, -0.15) is 5.10 Å². The highest BCUT2D eigenvalue weighted by molar-refractivity contribution is 8.00. The van der Waals surface area contributed by atoms with Crippen molar-refractivity contribution in [2.24, 2.45) is 0 Å². The summed E-state index contributed by atoms with van der Waals surface area (Å²) >= 11 is 2.21. The van der Waals surface area contributed by atoms with Crippen molar-refractivity contribution >= 4 is 28.1 Å². The normalized spacial score (nSPS) is 10.3. The first-order valence-corrected chi connectivity index (χ1v) is 5.02. The molecule has 0 fully saturated rings. The maximum Gasteiger partial charge on any atom is 0.344 e. The topological polar surface area (TPSA) is 97.6 Å². The van der Waals surface area contributed by atoms with Gasteiger partial charge in [-0.25, -0.2) is 9.97 Å². The van der Waals surface area contributed by atoms with Crippen LogP contribution in [0.5, 0.6) is 0 Å². The molecular formula is C5H3N5O2S2. The van der Waals surface area contributed by atoms with Gasteiger partial charge in [-0.05, 0) is 23.1 Å². The predicted octanol–water partition coefficient (Wildman–Crippen LogP) is 1.32. The summed E-state index contributed by atoms with van der Waals surface area (Å²) in [5, 5.41) is 17.2. The molecule has 9 heteroatoms. The average molecular weight is 229 g/mol. The molecule has 0 saturated carbocycles. The van der Waals surface area contributed by atoms with Crippen LogP contribution >= 0.6 is 23.1 Å². The number of hydrogen-bond donors (Lipinski definition) is 1. The Hall–Kier alpha value is -1.48. The van der Waals surface area contributed by atoms with Crippen LogP contribution < -0.4 is 0 Å². The Morgan fingerprint density at radius 3 is 3.00 bits per heavy atom. The fraction of sp³-hybridized carbons (Fsp3) is 0. The fourth-order valence-electron chi connectivity index (χ4n) is 0.708. The molecule has 0 aliphatic carbocycles. The van der Waals surface area contributed by atoms with Crippen molar-refractivity contribution in [3.63, 3.8) is 0 Å². The lowest BCUT2D eigenvalue weighted by Crippen LogP contribution is -1.80. The quantitative estimate of drug-likeness (QED) is 0.629. The lowest BCUT2D eigenvalue weighted by Gasteiger charge is -1.86. The van der Waals surface area contributed by atoms with E-state index in [0.29, 0.717) is 9.50 Å². The lowest BCUT2D eigenvalue weighted by molar-refractivity contribution is -0.380. The number of nitrogens with one attached hydrogen (secondary N) is 1. The number of aromatic amines is 1. The van der Waals surface area contributed by atoms with Gasteiger partial charge in [-0.15, -0.1) is 0 Å². The Morgan fingerprint density at radius 1 is 1.57 bits per heavy atom. The molecule has 2 heterocycles. The smallest absolute Gasteiger partial charge is 0.257 e. The van der Waals surface area contributed by atoms with E-state index in [2.05, 4.69) is 20.2 Å². The maximum absolute atomic E-state index is 10.3. The minimum atomic E-state index is -0.470. The second kappa shape index (κ2) is 3.72. The largest absolute Gasteiger partial charge is 0.344 e. The molecular weight excluding hydrogens is 226 g/mol. The van der Waals surface area contributed by atoms with Gasteiger partial charge in [0.2, 0.25) is 0 Å². The minimum Gasteiger partial charge on any atom is -0.257 e. The van der Waals surface area contributed by atoms with Gasteiger partial charge >= 0.3 is 5.00 Å². The lowest BCUT2D eigenvalue weighted by atomic mass is 10.9. The van der Waals surface area contributed by atoms with Crippen molar-refractivity contribution in [2.75, 3.05) is 0 Å². The number of nitrogens with zero attached hydrogens (tertiary/aromatic N) is 4. The Labute approximate surface area is 85.7 Å². The zero-order valence-electron chi connectivity index (χ0n) is 6.58. The van der Waals surface area contributed by atoms with Crippen LogP contribution in [0.1, 0.15) is 0 Å². The molecule has 0 spiro atoms. The van der Waals surface area contributed by atoms with Gasteiger partial charge in [-0.1, -0.05) is 0 Å². The van der Waals surface area contributed by atoms with E-state index < -0.39 is 4.92 Å². The van der Waals surface area contributed by atoms with E-state index in [9.17, 15) is 10.1 Å². The molecule has 1 N–H and O–H groups in total. The number of aromatic nitrogens is 4. The van der Waals surface area contributed by atoms with E-state index in [4.69, 9.17) is 0 Å². The van der Waals surface area contributed by atoms with Gasteiger partial charge in [0.15, 0.2) is 9.50 Å². The Morgan fingerprint density at radius 2 is 2.43 bits per heavy atom. The Balaban J connectivity index is 2.14. The summed E-state index contributed by atoms with van der Waals surface area (Å²) in [5.74, 6) is 0. The highest BCUT2D eigenvalue weighted by atomic mass is 32.2. The van der Waals surface area contributed by atoms with E-state index in [1.807, 2.05) is 0 Å². The molecule has 0 aliphatic heterocycles. The summed E-state index contributed by atoms with van der Waals surface area (Å²) in [6.45, 7) is 0. The number of thiazole rings is 1. The van der Waals surface area contributed by atoms with Crippen molar-refractivity contribution in [3.8, 4) is 0 Å². The third kappa shape index (κ3) is 1.88. The molecule has 14 heavy (non-hydrogen) atoms. The summed E-state index contributed by atoms with van der Waals surface area (Å²) in [4.78, 5) is 17.6. The molecule has 0 unspecified atom stereocenters. The summed E-state index contributed by atoms with van der Waals surface area (Å²) < 4.78 is 0.563. The summed E-state index contributed by atoms with van der Waals surface area (Å²) in [6.07, 6.45) is 2.59. The molecule has 0 aliphatic rings. The number of H-pyrrole nitrogens is 1. The van der Waals surface area contributed by atoms with E-state index in [0.717, 1.165) is 11.3 Å². The summed E-state index contributed by atoms with van der Waals surface area (Å²) in [7, 11) is 0. The molecule has 2 aromatic rings. The standard InChI is InChI=1S/C5H3N5O2S2/c11-10(12)3-1-6-5(13-3)14-4-7-2-8-9-4/h1-2H,(H,7,8,9). The molecule has 2 rings (SSSR count). The maximum atomic E-state index is 10.3. The van der Waals surface area contributed by atoms with E-state index in [1.165, 1.54) is 24.3 Å². The minimum absolute atomic E-state index is 0.0204. The van der Waals surface area contributed by atoms with Gasteiger partial charge in [0.1, 0.15) is 12.5 Å². The average Bonchev–Trinajstić information content (AvgIpc) is 2.75. The van der Waals surface area contributed by atoms with Crippen LogP contribution in [0.25, 0.3) is 0 Å². The first-order chi connectivity index (χ1) is 6.75. The number of hydrogen-bond acceptors (Lipinski definition) is 7. The van der Waals surface area contributed by atoms with Crippen LogP contribution in [0.4, 0.5) is 5.00 Å². The van der Waals surface area contributed by atoms with Gasteiger partial charge in [0, 0.05) is 0 Å². The third-order valence-corrected chi connectivity index (χ3v) is 3.14. The van der Waals surface area contributed by atoms with Crippen molar-refractivity contribution in [1.82, 2.24) is 20.2 Å². The van der Waals surface area contributed by atoms with E-state index in [-0.39, 0.29) is 5.00 Å². The Kier molecular flexibility index (Phi) is 2.41. The monoisotopic (exact) mass is 229 g/mol. The van der Waals surface area contributed by atoms with Crippen LogP contribution in [0.2, 0.25) is 0 Å². The number of rotatable bonds is 3.